The Balaban J connectivity index is 1.78. The van der Waals surface area contributed by atoms with Crippen LogP contribution in [0.2, 0.25) is 0 Å². The fourth-order valence-electron chi connectivity index (χ4n) is 3.40. The summed E-state index contributed by atoms with van der Waals surface area (Å²) in [6.45, 7) is 5.28. The third kappa shape index (κ3) is 3.75. The maximum absolute atomic E-state index is 12.5. The number of hydrogen-bond donors (Lipinski definition) is 1. The van der Waals surface area contributed by atoms with E-state index in [2.05, 4.69) is 22.1 Å². The second-order valence-corrected chi connectivity index (χ2v) is 6.51. The molecule has 24 heavy (non-hydrogen) atoms. The Kier molecular flexibility index (Phi) is 5.14. The lowest BCUT2D eigenvalue weighted by molar-refractivity contribution is 0.102. The molecule has 0 radical (unpaired) electrons. The molecule has 3 rings (SSSR count). The van der Waals surface area contributed by atoms with Crippen LogP contribution < -0.4 is 10.2 Å². The number of aromatic nitrogens is 1. The summed E-state index contributed by atoms with van der Waals surface area (Å²) in [6.07, 6.45) is 8.35. The maximum Gasteiger partial charge on any atom is 0.257 e. The normalized spacial score (nSPS) is 17.6. The van der Waals surface area contributed by atoms with Crippen LogP contribution in [0.25, 0.3) is 0 Å². The van der Waals surface area contributed by atoms with Crippen molar-refractivity contribution in [1.82, 2.24) is 4.98 Å². The number of carbonyl (C=O) groups is 1. The minimum absolute atomic E-state index is 0.111. The van der Waals surface area contributed by atoms with E-state index in [0.29, 0.717) is 11.6 Å². The van der Waals surface area contributed by atoms with Gasteiger partial charge in [0.25, 0.3) is 5.91 Å². The molecule has 2 heterocycles. The minimum Gasteiger partial charge on any atom is -0.367 e. The number of carbonyl (C=O) groups excluding carboxylic acids is 1. The van der Waals surface area contributed by atoms with Gasteiger partial charge < -0.3 is 10.2 Å². The highest BCUT2D eigenvalue weighted by Gasteiger charge is 2.22. The molecule has 1 aromatic heterocycles. The Morgan fingerprint density at radius 1 is 1.29 bits per heavy atom. The van der Waals surface area contributed by atoms with Gasteiger partial charge in [-0.1, -0.05) is 19.1 Å². The van der Waals surface area contributed by atoms with Crippen molar-refractivity contribution in [3.05, 3.63) is 53.9 Å². The van der Waals surface area contributed by atoms with Crippen molar-refractivity contribution in [1.29, 1.82) is 0 Å². The lowest BCUT2D eigenvalue weighted by Crippen LogP contribution is -2.39. The predicted molar refractivity (Wildman–Crippen MR) is 98.6 cm³/mol. The zero-order chi connectivity index (χ0) is 16.9. The minimum atomic E-state index is -0.111. The zero-order valence-electron chi connectivity index (χ0n) is 14.5. The number of piperidine rings is 1. The van der Waals surface area contributed by atoms with Gasteiger partial charge in [0.2, 0.25) is 0 Å². The lowest BCUT2D eigenvalue weighted by atomic mass is 9.99. The van der Waals surface area contributed by atoms with Gasteiger partial charge in [-0.05, 0) is 56.4 Å². The number of pyridine rings is 1. The second kappa shape index (κ2) is 7.47. The molecule has 0 saturated carbocycles. The third-order valence-corrected chi connectivity index (χ3v) is 4.69. The number of amides is 1. The predicted octanol–water partition coefficient (Wildman–Crippen LogP) is 4.41. The van der Waals surface area contributed by atoms with Crippen molar-refractivity contribution in [2.75, 3.05) is 16.8 Å². The van der Waals surface area contributed by atoms with Gasteiger partial charge >= 0.3 is 0 Å². The highest BCUT2D eigenvalue weighted by Crippen LogP contribution is 2.26. The van der Waals surface area contributed by atoms with Crippen LogP contribution in [0.1, 0.15) is 48.5 Å². The number of anilines is 2. The molecule has 4 nitrogen and oxygen atoms in total. The first kappa shape index (κ1) is 16.5. The Bertz CT molecular complexity index is 714. The Hall–Kier alpha value is -2.36. The van der Waals surface area contributed by atoms with Gasteiger partial charge in [-0.2, -0.15) is 0 Å². The van der Waals surface area contributed by atoms with E-state index in [1.165, 1.54) is 19.3 Å². The molecule has 0 aliphatic carbocycles. The number of nitrogens with one attached hydrogen (secondary N) is 1. The summed E-state index contributed by atoms with van der Waals surface area (Å²) in [4.78, 5) is 19.3. The Morgan fingerprint density at radius 2 is 2.17 bits per heavy atom. The molecular weight excluding hydrogens is 298 g/mol. The summed E-state index contributed by atoms with van der Waals surface area (Å²) in [7, 11) is 0. The molecule has 1 amide bonds. The van der Waals surface area contributed by atoms with Crippen molar-refractivity contribution in [3.8, 4) is 0 Å². The van der Waals surface area contributed by atoms with E-state index in [1.807, 2.05) is 43.5 Å². The van der Waals surface area contributed by atoms with Crippen LogP contribution in [0.15, 0.2) is 42.7 Å². The molecule has 2 aromatic rings. The second-order valence-electron chi connectivity index (χ2n) is 6.51. The van der Waals surface area contributed by atoms with Gasteiger partial charge in [0.15, 0.2) is 0 Å². The van der Waals surface area contributed by atoms with E-state index < -0.39 is 0 Å². The van der Waals surface area contributed by atoms with E-state index in [1.54, 1.807) is 6.20 Å². The molecule has 1 aromatic carbocycles. The molecule has 4 heteroatoms. The molecule has 0 spiro atoms. The van der Waals surface area contributed by atoms with Gasteiger partial charge in [-0.3, -0.25) is 9.78 Å². The molecule has 1 fully saturated rings. The fourth-order valence-corrected chi connectivity index (χ4v) is 3.40. The van der Waals surface area contributed by atoms with E-state index in [0.717, 1.165) is 29.9 Å². The largest absolute Gasteiger partial charge is 0.367 e. The topological polar surface area (TPSA) is 45.2 Å². The zero-order valence-corrected chi connectivity index (χ0v) is 14.5. The van der Waals surface area contributed by atoms with Crippen LogP contribution in [0.5, 0.6) is 0 Å². The van der Waals surface area contributed by atoms with Gasteiger partial charge in [0.1, 0.15) is 0 Å². The van der Waals surface area contributed by atoms with Gasteiger partial charge in [-0.25, -0.2) is 0 Å². The van der Waals surface area contributed by atoms with Crippen molar-refractivity contribution in [2.24, 2.45) is 0 Å². The number of rotatable bonds is 4. The average Bonchev–Trinajstić information content (AvgIpc) is 2.62. The summed E-state index contributed by atoms with van der Waals surface area (Å²) in [5, 5.41) is 2.96. The molecule has 1 atom stereocenters. The Labute approximate surface area is 143 Å². The standard InChI is InChI=1S/C20H25N3O/c1-3-18-9-4-5-10-23(18)19-12-16(13-21-14-19)20(24)22-17-8-6-7-15(2)11-17/h6-8,11-14,18H,3-5,9-10H2,1-2H3,(H,22,24). The first-order chi connectivity index (χ1) is 11.7. The van der Waals surface area contributed by atoms with Crippen LogP contribution in [0, 0.1) is 6.92 Å². The fraction of sp³-hybridized carbons (Fsp3) is 0.400. The number of nitrogens with zero attached hydrogens (tertiary/aromatic N) is 2. The summed E-state index contributed by atoms with van der Waals surface area (Å²) in [5.41, 5.74) is 3.60. The summed E-state index contributed by atoms with van der Waals surface area (Å²) in [6, 6.07) is 10.3. The quantitative estimate of drug-likeness (QED) is 0.906. The van der Waals surface area contributed by atoms with Gasteiger partial charge in [0.05, 0.1) is 17.4 Å². The molecule has 126 valence electrons. The molecule has 1 saturated heterocycles. The summed E-state index contributed by atoms with van der Waals surface area (Å²) >= 11 is 0. The van der Waals surface area contributed by atoms with Crippen LogP contribution >= 0.6 is 0 Å². The molecular formula is C20H25N3O. The van der Waals surface area contributed by atoms with Crippen LogP contribution in [0.4, 0.5) is 11.4 Å². The van der Waals surface area contributed by atoms with E-state index in [9.17, 15) is 4.79 Å². The first-order valence-electron chi connectivity index (χ1n) is 8.77. The lowest BCUT2D eigenvalue weighted by Gasteiger charge is -2.37. The molecule has 0 bridgehead atoms. The van der Waals surface area contributed by atoms with Crippen molar-refractivity contribution >= 4 is 17.3 Å². The Morgan fingerprint density at radius 3 is 2.96 bits per heavy atom. The summed E-state index contributed by atoms with van der Waals surface area (Å²) < 4.78 is 0. The van der Waals surface area contributed by atoms with Crippen LogP contribution in [-0.2, 0) is 0 Å². The van der Waals surface area contributed by atoms with Crippen molar-refractivity contribution < 1.29 is 4.79 Å². The van der Waals surface area contributed by atoms with Gasteiger partial charge in [0, 0.05) is 24.5 Å². The van der Waals surface area contributed by atoms with E-state index >= 15 is 0 Å². The summed E-state index contributed by atoms with van der Waals surface area (Å²) in [5.74, 6) is -0.111. The molecule has 1 N–H and O–H groups in total. The number of aryl methyl sites for hydroxylation is 1. The highest BCUT2D eigenvalue weighted by molar-refractivity contribution is 6.04. The highest BCUT2D eigenvalue weighted by atomic mass is 16.1. The molecule has 1 unspecified atom stereocenters. The van der Waals surface area contributed by atoms with Crippen LogP contribution in [0.3, 0.4) is 0 Å². The number of hydrogen-bond acceptors (Lipinski definition) is 3. The third-order valence-electron chi connectivity index (χ3n) is 4.69. The number of benzene rings is 1. The average molecular weight is 323 g/mol. The first-order valence-corrected chi connectivity index (χ1v) is 8.77. The van der Waals surface area contributed by atoms with E-state index in [-0.39, 0.29) is 5.91 Å². The maximum atomic E-state index is 12.5. The van der Waals surface area contributed by atoms with Crippen molar-refractivity contribution in [3.63, 3.8) is 0 Å². The van der Waals surface area contributed by atoms with Crippen molar-refractivity contribution in [2.45, 2.75) is 45.6 Å². The molecule has 1 aliphatic rings. The SMILES string of the molecule is CCC1CCCCN1c1cncc(C(=O)Nc2cccc(C)c2)c1. The monoisotopic (exact) mass is 323 g/mol. The van der Waals surface area contributed by atoms with Gasteiger partial charge in [-0.15, -0.1) is 0 Å². The van der Waals surface area contributed by atoms with E-state index in [4.69, 9.17) is 0 Å². The smallest absolute Gasteiger partial charge is 0.257 e. The van der Waals surface area contributed by atoms with Crippen LogP contribution in [-0.4, -0.2) is 23.5 Å². The molecule has 1 aliphatic heterocycles.